The van der Waals surface area contributed by atoms with Crippen LogP contribution in [0.1, 0.15) is 26.0 Å². The van der Waals surface area contributed by atoms with Gasteiger partial charge in [-0.25, -0.2) is 9.97 Å². The Morgan fingerprint density at radius 3 is 2.89 bits per heavy atom. The van der Waals surface area contributed by atoms with Gasteiger partial charge in [-0.15, -0.1) is 0 Å². The predicted octanol–water partition coefficient (Wildman–Crippen LogP) is 2.52. The molecule has 97 valence electrons. The maximum absolute atomic E-state index is 5.88. The van der Waals surface area contributed by atoms with E-state index in [9.17, 15) is 0 Å². The third-order valence-corrected chi connectivity index (χ3v) is 3.29. The largest absolute Gasteiger partial charge is 0.382 e. The SMILES string of the molecule is C[C](C)CN1CC=C(c2nc(Br)cnc2N)CC1. The van der Waals surface area contributed by atoms with E-state index in [0.717, 1.165) is 36.4 Å². The van der Waals surface area contributed by atoms with Crippen LogP contribution in [0.2, 0.25) is 0 Å². The van der Waals surface area contributed by atoms with E-state index < -0.39 is 0 Å². The van der Waals surface area contributed by atoms with E-state index in [-0.39, 0.29) is 0 Å². The number of rotatable bonds is 3. The topological polar surface area (TPSA) is 55.0 Å². The Balaban J connectivity index is 2.11. The third-order valence-electron chi connectivity index (χ3n) is 2.91. The smallest absolute Gasteiger partial charge is 0.149 e. The standard InChI is InChI=1S/C13H18BrN4/c1-9(2)8-18-5-3-10(4-6-18)12-13(15)16-7-11(14)17-12/h3,7H,4-6,8H2,1-2H3,(H2,15,16). The lowest BCUT2D eigenvalue weighted by molar-refractivity contribution is 0.313. The normalized spacial score (nSPS) is 17.0. The van der Waals surface area contributed by atoms with Crippen LogP contribution in [0.3, 0.4) is 0 Å². The van der Waals surface area contributed by atoms with Gasteiger partial charge in [-0.05, 0) is 33.8 Å². The molecule has 0 bridgehead atoms. The van der Waals surface area contributed by atoms with E-state index >= 15 is 0 Å². The van der Waals surface area contributed by atoms with Crippen molar-refractivity contribution in [2.75, 3.05) is 25.4 Å². The van der Waals surface area contributed by atoms with E-state index in [4.69, 9.17) is 5.73 Å². The summed E-state index contributed by atoms with van der Waals surface area (Å²) in [7, 11) is 0. The predicted molar refractivity (Wildman–Crippen MR) is 77.8 cm³/mol. The minimum atomic E-state index is 0.510. The molecule has 0 unspecified atom stereocenters. The molecule has 0 saturated carbocycles. The van der Waals surface area contributed by atoms with Gasteiger partial charge in [-0.3, -0.25) is 4.90 Å². The van der Waals surface area contributed by atoms with Crippen molar-refractivity contribution in [3.05, 3.63) is 28.5 Å². The van der Waals surface area contributed by atoms with Crippen LogP contribution in [0.5, 0.6) is 0 Å². The first-order chi connectivity index (χ1) is 8.56. The molecule has 0 saturated heterocycles. The summed E-state index contributed by atoms with van der Waals surface area (Å²) < 4.78 is 0.729. The Morgan fingerprint density at radius 1 is 1.50 bits per heavy atom. The lowest BCUT2D eigenvalue weighted by Gasteiger charge is -2.27. The summed E-state index contributed by atoms with van der Waals surface area (Å²) in [5.74, 6) is 1.95. The summed E-state index contributed by atoms with van der Waals surface area (Å²) >= 11 is 3.34. The van der Waals surface area contributed by atoms with Crippen LogP contribution in [0.25, 0.3) is 5.57 Å². The lowest BCUT2D eigenvalue weighted by atomic mass is 10.0. The molecule has 1 radical (unpaired) electrons. The van der Waals surface area contributed by atoms with Gasteiger partial charge in [0.2, 0.25) is 0 Å². The zero-order chi connectivity index (χ0) is 13.1. The molecule has 1 aliphatic rings. The molecule has 1 aromatic rings. The second-order valence-electron chi connectivity index (χ2n) is 4.85. The van der Waals surface area contributed by atoms with Gasteiger partial charge in [0, 0.05) is 19.6 Å². The molecule has 0 aromatic carbocycles. The highest BCUT2D eigenvalue weighted by Gasteiger charge is 2.17. The Kier molecular flexibility index (Phi) is 4.35. The average molecular weight is 310 g/mol. The summed E-state index contributed by atoms with van der Waals surface area (Å²) in [4.78, 5) is 11.0. The molecule has 5 heteroatoms. The van der Waals surface area contributed by atoms with Crippen molar-refractivity contribution in [1.29, 1.82) is 0 Å². The summed E-state index contributed by atoms with van der Waals surface area (Å²) in [6.07, 6.45) is 4.81. The van der Waals surface area contributed by atoms with Crippen LogP contribution < -0.4 is 5.73 Å². The number of aromatic nitrogens is 2. The van der Waals surface area contributed by atoms with Crippen LogP contribution in [-0.2, 0) is 0 Å². The van der Waals surface area contributed by atoms with Crippen molar-refractivity contribution >= 4 is 27.3 Å². The fourth-order valence-corrected chi connectivity index (χ4v) is 2.41. The van der Waals surface area contributed by atoms with Crippen molar-refractivity contribution < 1.29 is 0 Å². The first kappa shape index (κ1) is 13.5. The van der Waals surface area contributed by atoms with Crippen molar-refractivity contribution in [3.8, 4) is 0 Å². The highest BCUT2D eigenvalue weighted by Crippen LogP contribution is 2.25. The van der Waals surface area contributed by atoms with Crippen molar-refractivity contribution in [2.24, 2.45) is 0 Å². The Morgan fingerprint density at radius 2 is 2.28 bits per heavy atom. The first-order valence-corrected chi connectivity index (χ1v) is 6.84. The van der Waals surface area contributed by atoms with Gasteiger partial charge >= 0.3 is 0 Å². The summed E-state index contributed by atoms with van der Waals surface area (Å²) in [5, 5.41) is 0. The molecule has 4 nitrogen and oxygen atoms in total. The fraction of sp³-hybridized carbons (Fsp3) is 0.462. The molecule has 18 heavy (non-hydrogen) atoms. The van der Waals surface area contributed by atoms with E-state index in [1.807, 2.05) is 0 Å². The Bertz CT molecular complexity index is 456. The minimum absolute atomic E-state index is 0.510. The van der Waals surface area contributed by atoms with Gasteiger partial charge < -0.3 is 5.73 Å². The molecule has 0 spiro atoms. The van der Waals surface area contributed by atoms with Crippen molar-refractivity contribution in [1.82, 2.24) is 14.9 Å². The highest BCUT2D eigenvalue weighted by atomic mass is 79.9. The van der Waals surface area contributed by atoms with Crippen molar-refractivity contribution in [2.45, 2.75) is 20.3 Å². The van der Waals surface area contributed by atoms with Gasteiger partial charge in [0.05, 0.1) is 6.20 Å². The summed E-state index contributed by atoms with van der Waals surface area (Å²) in [6.45, 7) is 7.39. The van der Waals surface area contributed by atoms with Crippen LogP contribution in [0.4, 0.5) is 5.82 Å². The number of nitrogen functional groups attached to an aromatic ring is 1. The van der Waals surface area contributed by atoms with Crippen LogP contribution in [0, 0.1) is 5.92 Å². The fourth-order valence-electron chi connectivity index (χ4n) is 2.13. The number of hydrogen-bond donors (Lipinski definition) is 1. The third kappa shape index (κ3) is 3.29. The molecule has 2 heterocycles. The Hall–Kier alpha value is -0.940. The van der Waals surface area contributed by atoms with Gasteiger partial charge in [0.25, 0.3) is 0 Å². The molecule has 2 N–H and O–H groups in total. The molecule has 0 atom stereocenters. The average Bonchev–Trinajstić information content (AvgIpc) is 2.33. The van der Waals surface area contributed by atoms with E-state index in [0.29, 0.717) is 5.82 Å². The molecule has 0 aliphatic carbocycles. The summed E-state index contributed by atoms with van der Waals surface area (Å²) in [5.41, 5.74) is 7.90. The number of nitrogens with zero attached hydrogens (tertiary/aromatic N) is 3. The molecule has 0 fully saturated rings. The lowest BCUT2D eigenvalue weighted by Crippen LogP contribution is -2.31. The Labute approximate surface area is 116 Å². The maximum Gasteiger partial charge on any atom is 0.149 e. The van der Waals surface area contributed by atoms with Gasteiger partial charge in [-0.1, -0.05) is 19.9 Å². The van der Waals surface area contributed by atoms with E-state index in [1.54, 1.807) is 6.20 Å². The number of halogens is 1. The van der Waals surface area contributed by atoms with Gasteiger partial charge in [0.15, 0.2) is 0 Å². The second kappa shape index (κ2) is 5.80. The number of nitrogens with two attached hydrogens (primary N) is 1. The quantitative estimate of drug-likeness (QED) is 0.932. The van der Waals surface area contributed by atoms with Crippen LogP contribution in [0.15, 0.2) is 16.9 Å². The monoisotopic (exact) mass is 309 g/mol. The summed E-state index contributed by atoms with van der Waals surface area (Å²) in [6, 6.07) is 0. The van der Waals surface area contributed by atoms with Crippen molar-refractivity contribution in [3.63, 3.8) is 0 Å². The number of hydrogen-bond acceptors (Lipinski definition) is 4. The first-order valence-electron chi connectivity index (χ1n) is 6.05. The zero-order valence-corrected chi connectivity index (χ0v) is 12.4. The molecule has 0 amide bonds. The van der Waals surface area contributed by atoms with E-state index in [1.165, 1.54) is 11.5 Å². The highest BCUT2D eigenvalue weighted by molar-refractivity contribution is 9.10. The zero-order valence-electron chi connectivity index (χ0n) is 10.8. The van der Waals surface area contributed by atoms with Crippen LogP contribution in [-0.4, -0.2) is 34.5 Å². The number of anilines is 1. The van der Waals surface area contributed by atoms with Gasteiger partial charge in [0.1, 0.15) is 16.1 Å². The second-order valence-corrected chi connectivity index (χ2v) is 5.66. The van der Waals surface area contributed by atoms with E-state index in [2.05, 4.69) is 50.7 Å². The molecular weight excluding hydrogens is 292 g/mol. The molecule has 1 aromatic heterocycles. The molecular formula is C13H18BrN4. The molecule has 1 aliphatic heterocycles. The van der Waals surface area contributed by atoms with Gasteiger partial charge in [-0.2, -0.15) is 0 Å². The van der Waals surface area contributed by atoms with Crippen LogP contribution >= 0.6 is 15.9 Å². The minimum Gasteiger partial charge on any atom is -0.382 e. The maximum atomic E-state index is 5.88. The molecule has 2 rings (SSSR count).